The normalized spacial score (nSPS) is 28.0. The third-order valence-electron chi connectivity index (χ3n) is 2.79. The van der Waals surface area contributed by atoms with Crippen LogP contribution in [0.5, 0.6) is 0 Å². The Balaban J connectivity index is 0.000000490. The Bertz CT molecular complexity index is 278. The average Bonchev–Trinajstić information content (AvgIpc) is 2.62. The van der Waals surface area contributed by atoms with Crippen LogP contribution in [0.15, 0.2) is 16.8 Å². The quantitative estimate of drug-likeness (QED) is 0.659. The van der Waals surface area contributed by atoms with Crippen molar-refractivity contribution in [1.82, 2.24) is 4.90 Å². The summed E-state index contributed by atoms with van der Waals surface area (Å²) in [4.78, 5) is 7.12. The summed E-state index contributed by atoms with van der Waals surface area (Å²) < 4.78 is 0. The monoisotopic (exact) mass is 252 g/mol. The predicted octanol–water partition coefficient (Wildman–Crippen LogP) is 2.68. The fourth-order valence-electron chi connectivity index (χ4n) is 2.19. The number of fused-ring (bicyclic) bond motifs is 3. The molecular formula is C9H14Cl2N2S. The van der Waals surface area contributed by atoms with E-state index < -0.39 is 0 Å². The smallest absolute Gasteiger partial charge is 0.164 e. The highest BCUT2D eigenvalue weighted by atomic mass is 35.5. The lowest BCUT2D eigenvalue weighted by Crippen LogP contribution is -2.32. The van der Waals surface area contributed by atoms with E-state index in [1.54, 1.807) is 0 Å². The van der Waals surface area contributed by atoms with E-state index in [0.717, 1.165) is 0 Å². The number of amidine groups is 1. The molecule has 2 nitrogen and oxygen atoms in total. The van der Waals surface area contributed by atoms with E-state index in [1.165, 1.54) is 42.4 Å². The van der Waals surface area contributed by atoms with Crippen LogP contribution >= 0.6 is 36.6 Å². The van der Waals surface area contributed by atoms with E-state index in [-0.39, 0.29) is 24.8 Å². The fraction of sp³-hybridized carbons (Fsp3) is 0.667. The molecule has 0 N–H and O–H groups in total. The molecule has 14 heavy (non-hydrogen) atoms. The summed E-state index contributed by atoms with van der Waals surface area (Å²) in [5, 5.41) is 1.29. The Morgan fingerprint density at radius 1 is 1.43 bits per heavy atom. The van der Waals surface area contributed by atoms with E-state index >= 15 is 0 Å². The Morgan fingerprint density at radius 3 is 3.14 bits per heavy atom. The number of nitrogens with zero attached hydrogens (tertiary/aromatic N) is 2. The summed E-state index contributed by atoms with van der Waals surface area (Å²) in [5.41, 5.74) is 1.35. The first-order valence-electron chi connectivity index (χ1n) is 4.63. The molecule has 0 spiro atoms. The van der Waals surface area contributed by atoms with Crippen LogP contribution in [0, 0.1) is 0 Å². The summed E-state index contributed by atoms with van der Waals surface area (Å²) >= 11 is 1.91. The minimum absolute atomic E-state index is 0. The molecule has 2 aliphatic heterocycles. The standard InChI is InChI=1S/C9H12N2S.2ClH/c1-2-4-8-7(3-1)10-9-11(8)5-6-12-9;;/h3,8H,1-2,4-6H2;2*1H. The van der Waals surface area contributed by atoms with Crippen LogP contribution in [0.1, 0.15) is 19.3 Å². The molecule has 0 aromatic rings. The molecule has 1 saturated heterocycles. The van der Waals surface area contributed by atoms with Crippen LogP contribution in [-0.2, 0) is 0 Å². The molecule has 3 rings (SSSR count). The zero-order chi connectivity index (χ0) is 7.97. The molecule has 1 fully saturated rings. The summed E-state index contributed by atoms with van der Waals surface area (Å²) in [7, 11) is 0. The maximum Gasteiger partial charge on any atom is 0.164 e. The minimum Gasteiger partial charge on any atom is -0.342 e. The van der Waals surface area contributed by atoms with E-state index in [2.05, 4.69) is 16.0 Å². The van der Waals surface area contributed by atoms with Crippen molar-refractivity contribution in [2.45, 2.75) is 25.3 Å². The molecular weight excluding hydrogens is 239 g/mol. The largest absolute Gasteiger partial charge is 0.342 e. The molecule has 0 radical (unpaired) electrons. The summed E-state index contributed by atoms with van der Waals surface area (Å²) in [6.45, 7) is 1.21. The van der Waals surface area contributed by atoms with Crippen molar-refractivity contribution in [3.05, 3.63) is 11.8 Å². The zero-order valence-electron chi connectivity index (χ0n) is 7.81. The van der Waals surface area contributed by atoms with Gasteiger partial charge in [0.15, 0.2) is 5.17 Å². The topological polar surface area (TPSA) is 15.6 Å². The number of halogens is 2. The van der Waals surface area contributed by atoms with Gasteiger partial charge in [-0.3, -0.25) is 0 Å². The number of hydrogen-bond donors (Lipinski definition) is 0. The van der Waals surface area contributed by atoms with E-state index in [0.29, 0.717) is 6.04 Å². The fourth-order valence-corrected chi connectivity index (χ4v) is 3.22. The van der Waals surface area contributed by atoms with Crippen LogP contribution in [0.4, 0.5) is 0 Å². The van der Waals surface area contributed by atoms with Crippen LogP contribution in [-0.4, -0.2) is 28.4 Å². The molecule has 5 heteroatoms. The van der Waals surface area contributed by atoms with E-state index in [9.17, 15) is 0 Å². The molecule has 0 aromatic heterocycles. The van der Waals surface area contributed by atoms with Gasteiger partial charge in [0.05, 0.1) is 11.7 Å². The van der Waals surface area contributed by atoms with E-state index in [4.69, 9.17) is 0 Å². The van der Waals surface area contributed by atoms with Crippen LogP contribution in [0.2, 0.25) is 0 Å². The number of allylic oxidation sites excluding steroid dienone is 1. The second-order valence-corrected chi connectivity index (χ2v) is 4.57. The molecule has 0 bridgehead atoms. The highest BCUT2D eigenvalue weighted by Crippen LogP contribution is 2.36. The van der Waals surface area contributed by atoms with Gasteiger partial charge in [-0.15, -0.1) is 24.8 Å². The Hall–Kier alpha value is 0.140. The lowest BCUT2D eigenvalue weighted by molar-refractivity contribution is 0.362. The van der Waals surface area contributed by atoms with Crippen molar-refractivity contribution in [1.29, 1.82) is 0 Å². The first-order chi connectivity index (χ1) is 5.95. The lowest BCUT2D eigenvalue weighted by Gasteiger charge is -2.24. The zero-order valence-corrected chi connectivity index (χ0v) is 10.3. The third kappa shape index (κ3) is 1.77. The van der Waals surface area contributed by atoms with Gasteiger partial charge in [0.2, 0.25) is 0 Å². The van der Waals surface area contributed by atoms with Gasteiger partial charge in [0.25, 0.3) is 0 Å². The van der Waals surface area contributed by atoms with Crippen molar-refractivity contribution in [3.8, 4) is 0 Å². The van der Waals surface area contributed by atoms with Gasteiger partial charge < -0.3 is 4.90 Å². The molecule has 0 saturated carbocycles. The highest BCUT2D eigenvalue weighted by molar-refractivity contribution is 8.14. The Morgan fingerprint density at radius 2 is 2.29 bits per heavy atom. The molecule has 0 aromatic carbocycles. The van der Waals surface area contributed by atoms with Crippen molar-refractivity contribution in [2.75, 3.05) is 12.3 Å². The maximum absolute atomic E-state index is 4.64. The van der Waals surface area contributed by atoms with Gasteiger partial charge in [-0.25, -0.2) is 4.99 Å². The minimum atomic E-state index is 0. The number of thioether (sulfide) groups is 1. The summed E-state index contributed by atoms with van der Waals surface area (Å²) in [6, 6.07) is 0.656. The lowest BCUT2D eigenvalue weighted by atomic mass is 9.99. The van der Waals surface area contributed by atoms with Crippen LogP contribution in [0.3, 0.4) is 0 Å². The van der Waals surface area contributed by atoms with Gasteiger partial charge >= 0.3 is 0 Å². The van der Waals surface area contributed by atoms with E-state index in [1.807, 2.05) is 11.8 Å². The number of rotatable bonds is 0. The molecule has 0 amide bonds. The SMILES string of the molecule is C1=C2N=C3SCCN3C2CCC1.Cl.Cl. The van der Waals surface area contributed by atoms with Gasteiger partial charge in [-0.1, -0.05) is 17.8 Å². The molecule has 1 atom stereocenters. The first-order valence-corrected chi connectivity index (χ1v) is 5.62. The second kappa shape index (κ2) is 4.77. The molecule has 1 unspecified atom stereocenters. The summed E-state index contributed by atoms with van der Waals surface area (Å²) in [6.07, 6.45) is 6.22. The molecule has 1 aliphatic carbocycles. The molecule has 2 heterocycles. The maximum atomic E-state index is 4.64. The Kier molecular flexibility index (Phi) is 4.16. The average molecular weight is 253 g/mol. The predicted molar refractivity (Wildman–Crippen MR) is 66.8 cm³/mol. The number of aliphatic imine (C=N–C) groups is 1. The van der Waals surface area contributed by atoms with Gasteiger partial charge in [-0.2, -0.15) is 0 Å². The second-order valence-electron chi connectivity index (χ2n) is 3.51. The first kappa shape index (κ1) is 12.2. The summed E-state index contributed by atoms with van der Waals surface area (Å²) in [5.74, 6) is 1.24. The van der Waals surface area contributed by atoms with Crippen molar-refractivity contribution < 1.29 is 0 Å². The van der Waals surface area contributed by atoms with Crippen molar-refractivity contribution in [2.24, 2.45) is 4.99 Å². The third-order valence-corrected chi connectivity index (χ3v) is 3.76. The van der Waals surface area contributed by atoms with Crippen LogP contribution in [0.25, 0.3) is 0 Å². The van der Waals surface area contributed by atoms with Crippen molar-refractivity contribution >= 4 is 41.7 Å². The van der Waals surface area contributed by atoms with Gasteiger partial charge in [0, 0.05) is 12.3 Å². The molecule has 3 aliphatic rings. The van der Waals surface area contributed by atoms with Crippen LogP contribution < -0.4 is 0 Å². The van der Waals surface area contributed by atoms with Gasteiger partial charge in [-0.05, 0) is 19.3 Å². The Labute approximate surface area is 101 Å². The highest BCUT2D eigenvalue weighted by Gasteiger charge is 2.35. The van der Waals surface area contributed by atoms with Crippen molar-refractivity contribution in [3.63, 3.8) is 0 Å². The van der Waals surface area contributed by atoms with Gasteiger partial charge in [0.1, 0.15) is 0 Å². The molecule has 80 valence electrons. The number of hydrogen-bond acceptors (Lipinski definition) is 3.